The van der Waals surface area contributed by atoms with Gasteiger partial charge in [-0.2, -0.15) is 0 Å². The lowest BCUT2D eigenvalue weighted by Gasteiger charge is -2.07. The second-order valence-corrected chi connectivity index (χ2v) is 5.99. The van der Waals surface area contributed by atoms with E-state index < -0.39 is 5.82 Å². The first-order valence-corrected chi connectivity index (χ1v) is 5.94. The summed E-state index contributed by atoms with van der Waals surface area (Å²) in [6.07, 6.45) is 0. The molecule has 0 aromatic heterocycles. The fraction of sp³-hybridized carbons (Fsp3) is 0.571. The molecule has 1 nitrogen and oxygen atoms in total. The van der Waals surface area contributed by atoms with Crippen LogP contribution in [0, 0.1) is 22.5 Å². The van der Waals surface area contributed by atoms with Crippen molar-refractivity contribution in [1.29, 1.82) is 0 Å². The van der Waals surface area contributed by atoms with Gasteiger partial charge >= 0.3 is 0 Å². The SMILES string of the molecule is CC1(C)C(NCc2cc(F)ccc2F)C1(C)C. The molecule has 1 aliphatic carbocycles. The summed E-state index contributed by atoms with van der Waals surface area (Å²) in [5, 5.41) is 3.31. The van der Waals surface area contributed by atoms with Crippen LogP contribution < -0.4 is 5.32 Å². The third-order valence-corrected chi connectivity index (χ3v) is 4.53. The molecule has 94 valence electrons. The molecule has 1 aliphatic rings. The van der Waals surface area contributed by atoms with Crippen molar-refractivity contribution in [3.8, 4) is 0 Å². The van der Waals surface area contributed by atoms with Crippen molar-refractivity contribution in [3.05, 3.63) is 35.4 Å². The van der Waals surface area contributed by atoms with Crippen LogP contribution in [0.5, 0.6) is 0 Å². The lowest BCUT2D eigenvalue weighted by molar-refractivity contribution is 0.457. The predicted octanol–water partition coefficient (Wildman–Crippen LogP) is 3.49. The Morgan fingerprint density at radius 2 is 1.71 bits per heavy atom. The average molecular weight is 239 g/mol. The van der Waals surface area contributed by atoms with Crippen molar-refractivity contribution >= 4 is 0 Å². The molecule has 1 aromatic rings. The van der Waals surface area contributed by atoms with Gasteiger partial charge in [0, 0.05) is 18.2 Å². The molecule has 0 saturated heterocycles. The van der Waals surface area contributed by atoms with E-state index in [0.29, 0.717) is 18.2 Å². The molecule has 1 N–H and O–H groups in total. The van der Waals surface area contributed by atoms with Gasteiger partial charge in [0.25, 0.3) is 0 Å². The minimum atomic E-state index is -0.391. The lowest BCUT2D eigenvalue weighted by Crippen LogP contribution is -2.22. The van der Waals surface area contributed by atoms with Crippen molar-refractivity contribution in [3.63, 3.8) is 0 Å². The maximum atomic E-state index is 13.4. The van der Waals surface area contributed by atoms with E-state index in [4.69, 9.17) is 0 Å². The quantitative estimate of drug-likeness (QED) is 0.851. The van der Waals surface area contributed by atoms with Crippen molar-refractivity contribution < 1.29 is 8.78 Å². The zero-order chi connectivity index (χ0) is 12.8. The summed E-state index contributed by atoms with van der Waals surface area (Å²) >= 11 is 0. The van der Waals surface area contributed by atoms with E-state index in [1.807, 2.05) is 0 Å². The molecule has 0 amide bonds. The van der Waals surface area contributed by atoms with Gasteiger partial charge in [-0.05, 0) is 29.0 Å². The van der Waals surface area contributed by atoms with Gasteiger partial charge in [0.1, 0.15) is 11.6 Å². The average Bonchev–Trinajstić information content (AvgIpc) is 2.60. The molecule has 0 atom stereocenters. The number of benzene rings is 1. The van der Waals surface area contributed by atoms with Gasteiger partial charge < -0.3 is 5.32 Å². The molecule has 0 aliphatic heterocycles. The highest BCUT2D eigenvalue weighted by Crippen LogP contribution is 2.62. The highest BCUT2D eigenvalue weighted by atomic mass is 19.1. The van der Waals surface area contributed by atoms with Crippen LogP contribution >= 0.6 is 0 Å². The van der Waals surface area contributed by atoms with Crippen molar-refractivity contribution in [1.82, 2.24) is 5.32 Å². The first-order chi connectivity index (χ1) is 7.76. The van der Waals surface area contributed by atoms with Gasteiger partial charge in [-0.15, -0.1) is 0 Å². The molecule has 0 bridgehead atoms. The molecule has 1 saturated carbocycles. The third kappa shape index (κ3) is 1.97. The summed E-state index contributed by atoms with van der Waals surface area (Å²) in [7, 11) is 0. The first kappa shape index (κ1) is 12.5. The first-order valence-electron chi connectivity index (χ1n) is 5.94. The maximum absolute atomic E-state index is 13.4. The number of hydrogen-bond acceptors (Lipinski definition) is 1. The smallest absolute Gasteiger partial charge is 0.127 e. The van der Waals surface area contributed by atoms with Crippen molar-refractivity contribution in [2.75, 3.05) is 0 Å². The summed E-state index contributed by atoms with van der Waals surface area (Å²) in [5.41, 5.74) is 0.802. The zero-order valence-electron chi connectivity index (χ0n) is 10.8. The van der Waals surface area contributed by atoms with Crippen LogP contribution in [0.2, 0.25) is 0 Å². The summed E-state index contributed by atoms with van der Waals surface area (Å²) in [5.74, 6) is -0.743. The molecule has 0 heterocycles. The Morgan fingerprint density at radius 1 is 1.12 bits per heavy atom. The number of hydrogen-bond donors (Lipinski definition) is 1. The van der Waals surface area contributed by atoms with E-state index in [0.717, 1.165) is 6.07 Å². The van der Waals surface area contributed by atoms with Crippen LogP contribution in [0.3, 0.4) is 0 Å². The largest absolute Gasteiger partial charge is 0.309 e. The summed E-state index contributed by atoms with van der Waals surface area (Å²) in [6, 6.07) is 3.92. The highest BCUT2D eigenvalue weighted by molar-refractivity contribution is 5.22. The van der Waals surface area contributed by atoms with Gasteiger partial charge in [-0.3, -0.25) is 0 Å². The van der Waals surface area contributed by atoms with Crippen molar-refractivity contribution in [2.24, 2.45) is 10.8 Å². The van der Waals surface area contributed by atoms with E-state index >= 15 is 0 Å². The van der Waals surface area contributed by atoms with E-state index in [2.05, 4.69) is 33.0 Å². The van der Waals surface area contributed by atoms with Gasteiger partial charge in [-0.25, -0.2) is 8.78 Å². The topological polar surface area (TPSA) is 12.0 Å². The molecular formula is C14H19F2N. The predicted molar refractivity (Wildman–Crippen MR) is 64.5 cm³/mol. The molecule has 0 spiro atoms. The highest BCUT2D eigenvalue weighted by Gasteiger charge is 2.64. The number of halogens is 2. The summed E-state index contributed by atoms with van der Waals surface area (Å²) in [4.78, 5) is 0. The van der Waals surface area contributed by atoms with E-state index in [1.165, 1.54) is 12.1 Å². The summed E-state index contributed by atoms with van der Waals surface area (Å²) in [6.45, 7) is 9.12. The van der Waals surface area contributed by atoms with E-state index in [1.54, 1.807) is 0 Å². The van der Waals surface area contributed by atoms with Crippen LogP contribution in [0.1, 0.15) is 33.3 Å². The molecule has 1 aromatic carbocycles. The summed E-state index contributed by atoms with van der Waals surface area (Å²) < 4.78 is 26.4. The molecule has 2 rings (SSSR count). The molecule has 3 heteroatoms. The Labute approximate surface area is 101 Å². The van der Waals surface area contributed by atoms with Crippen LogP contribution in [0.25, 0.3) is 0 Å². The minimum absolute atomic E-state index is 0.205. The number of rotatable bonds is 3. The second-order valence-electron chi connectivity index (χ2n) is 5.99. The molecule has 17 heavy (non-hydrogen) atoms. The second kappa shape index (κ2) is 3.77. The molecule has 0 unspecified atom stereocenters. The van der Waals surface area contributed by atoms with Crippen LogP contribution in [-0.2, 0) is 6.54 Å². The van der Waals surface area contributed by atoms with Gasteiger partial charge in [0.15, 0.2) is 0 Å². The molecular weight excluding hydrogens is 220 g/mol. The fourth-order valence-corrected chi connectivity index (χ4v) is 2.60. The standard InChI is InChI=1S/C14H19F2N/c1-13(2)12(14(13,3)4)17-8-9-7-10(15)5-6-11(9)16/h5-7,12,17H,8H2,1-4H3. The van der Waals surface area contributed by atoms with Crippen molar-refractivity contribution in [2.45, 2.75) is 40.3 Å². The molecule has 0 radical (unpaired) electrons. The van der Waals surface area contributed by atoms with Gasteiger partial charge in [-0.1, -0.05) is 27.7 Å². The lowest BCUT2D eigenvalue weighted by atomic mass is 10.0. The Balaban J connectivity index is 2.03. The fourth-order valence-electron chi connectivity index (χ4n) is 2.60. The van der Waals surface area contributed by atoms with E-state index in [-0.39, 0.29) is 16.6 Å². The molecule has 1 fully saturated rings. The van der Waals surface area contributed by atoms with Crippen LogP contribution in [0.4, 0.5) is 8.78 Å². The zero-order valence-corrected chi connectivity index (χ0v) is 10.8. The third-order valence-electron chi connectivity index (χ3n) is 4.53. The Morgan fingerprint density at radius 3 is 2.24 bits per heavy atom. The maximum Gasteiger partial charge on any atom is 0.127 e. The van der Waals surface area contributed by atoms with Gasteiger partial charge in [0.2, 0.25) is 0 Å². The monoisotopic (exact) mass is 239 g/mol. The van der Waals surface area contributed by atoms with E-state index in [9.17, 15) is 8.78 Å². The normalized spacial score (nSPS) is 21.5. The Hall–Kier alpha value is -0.960. The Bertz CT molecular complexity index is 424. The van der Waals surface area contributed by atoms with Gasteiger partial charge in [0.05, 0.1) is 0 Å². The van der Waals surface area contributed by atoms with Crippen LogP contribution in [0.15, 0.2) is 18.2 Å². The minimum Gasteiger partial charge on any atom is -0.309 e. The number of nitrogens with one attached hydrogen (secondary N) is 1. The van der Waals surface area contributed by atoms with Crippen LogP contribution in [-0.4, -0.2) is 6.04 Å². The Kier molecular flexibility index (Phi) is 2.77.